The van der Waals surface area contributed by atoms with Crippen molar-refractivity contribution in [2.45, 2.75) is 12.8 Å². The Labute approximate surface area is 173 Å². The van der Waals surface area contributed by atoms with E-state index in [-0.39, 0.29) is 5.92 Å². The van der Waals surface area contributed by atoms with Gasteiger partial charge >= 0.3 is 0 Å². The van der Waals surface area contributed by atoms with Gasteiger partial charge in [-0.2, -0.15) is 0 Å². The molecule has 29 heavy (non-hydrogen) atoms. The summed E-state index contributed by atoms with van der Waals surface area (Å²) in [5, 5.41) is 9.24. The summed E-state index contributed by atoms with van der Waals surface area (Å²) in [5.41, 5.74) is 11.0. The average Bonchev–Trinajstić information content (AvgIpc) is 3.19. The molecular formula is C22H19ClN6. The van der Waals surface area contributed by atoms with Crippen molar-refractivity contribution in [1.29, 1.82) is 0 Å². The van der Waals surface area contributed by atoms with Gasteiger partial charge in [-0.3, -0.25) is 4.57 Å². The van der Waals surface area contributed by atoms with E-state index < -0.39 is 0 Å². The highest BCUT2D eigenvalue weighted by molar-refractivity contribution is 6.30. The molecule has 6 nitrogen and oxygen atoms in total. The molecule has 1 aliphatic rings. The molecule has 2 N–H and O–H groups in total. The quantitative estimate of drug-likeness (QED) is 0.520. The van der Waals surface area contributed by atoms with Gasteiger partial charge < -0.3 is 10.6 Å². The van der Waals surface area contributed by atoms with E-state index in [1.807, 2.05) is 36.4 Å². The van der Waals surface area contributed by atoms with Crippen molar-refractivity contribution in [2.75, 3.05) is 17.2 Å². The maximum Gasteiger partial charge on any atom is 0.142 e. The summed E-state index contributed by atoms with van der Waals surface area (Å²) in [6, 6.07) is 18.1. The molecule has 0 spiro atoms. The Bertz CT molecular complexity index is 1170. The summed E-state index contributed by atoms with van der Waals surface area (Å²) < 4.78 is 2.07. The van der Waals surface area contributed by atoms with Gasteiger partial charge in [0.25, 0.3) is 0 Å². The van der Waals surface area contributed by atoms with E-state index in [0.29, 0.717) is 5.82 Å². The second-order valence-electron chi connectivity index (χ2n) is 7.22. The molecule has 1 atom stereocenters. The van der Waals surface area contributed by atoms with Crippen LogP contribution >= 0.6 is 11.6 Å². The molecule has 0 amide bonds. The number of halogens is 1. The lowest BCUT2D eigenvalue weighted by molar-refractivity contribution is 0.697. The molecule has 0 bridgehead atoms. The molecule has 7 heteroatoms. The molecule has 5 rings (SSSR count). The molecule has 2 aromatic carbocycles. The molecule has 0 fully saturated rings. The van der Waals surface area contributed by atoms with E-state index in [0.717, 1.165) is 45.6 Å². The van der Waals surface area contributed by atoms with Gasteiger partial charge in [0, 0.05) is 34.9 Å². The minimum Gasteiger partial charge on any atom is -0.384 e. The van der Waals surface area contributed by atoms with Crippen molar-refractivity contribution < 1.29 is 0 Å². The van der Waals surface area contributed by atoms with Crippen molar-refractivity contribution in [3.63, 3.8) is 0 Å². The first-order chi connectivity index (χ1) is 14.1. The highest BCUT2D eigenvalue weighted by Gasteiger charge is 2.27. The molecule has 2 aromatic heterocycles. The number of nitrogens with zero attached hydrogens (tertiary/aromatic N) is 5. The second-order valence-corrected chi connectivity index (χ2v) is 7.66. The van der Waals surface area contributed by atoms with E-state index in [1.165, 1.54) is 0 Å². The molecule has 0 aliphatic carbocycles. The zero-order valence-electron chi connectivity index (χ0n) is 15.8. The normalized spacial score (nSPS) is 15.5. The standard InChI is InChI=1S/C22H19ClN6/c1-14-12-28(18-6-4-17(23)5-7-18)20-10-15(16-3-9-21(24)25-11-16)2-8-19(20)29-13-26-27-22(14)29/h2-11,13-14H,12H2,1H3,(H2,24,25). The third kappa shape index (κ3) is 3.11. The van der Waals surface area contributed by atoms with Crippen molar-refractivity contribution in [2.24, 2.45) is 0 Å². The molecule has 4 aromatic rings. The third-order valence-electron chi connectivity index (χ3n) is 5.26. The van der Waals surface area contributed by atoms with Crippen LogP contribution in [0, 0.1) is 0 Å². The van der Waals surface area contributed by atoms with Crippen LogP contribution < -0.4 is 10.6 Å². The van der Waals surface area contributed by atoms with Crippen LogP contribution in [0.3, 0.4) is 0 Å². The molecule has 0 saturated heterocycles. The van der Waals surface area contributed by atoms with Crippen LogP contribution in [0.4, 0.5) is 17.2 Å². The van der Waals surface area contributed by atoms with Gasteiger partial charge in [0.2, 0.25) is 0 Å². The molecular weight excluding hydrogens is 384 g/mol. The molecule has 0 radical (unpaired) electrons. The van der Waals surface area contributed by atoms with Crippen LogP contribution in [0.25, 0.3) is 16.8 Å². The van der Waals surface area contributed by atoms with Crippen LogP contribution in [0.15, 0.2) is 67.1 Å². The number of hydrogen-bond acceptors (Lipinski definition) is 5. The lowest BCUT2D eigenvalue weighted by Crippen LogP contribution is -2.22. The van der Waals surface area contributed by atoms with Gasteiger partial charge in [0.15, 0.2) is 0 Å². The largest absolute Gasteiger partial charge is 0.384 e. The van der Waals surface area contributed by atoms with E-state index in [1.54, 1.807) is 12.5 Å². The monoisotopic (exact) mass is 402 g/mol. The number of rotatable bonds is 2. The van der Waals surface area contributed by atoms with Crippen LogP contribution in [-0.2, 0) is 0 Å². The molecule has 1 aliphatic heterocycles. The summed E-state index contributed by atoms with van der Waals surface area (Å²) in [7, 11) is 0. The molecule has 3 heterocycles. The zero-order chi connectivity index (χ0) is 20.0. The Balaban J connectivity index is 1.71. The third-order valence-corrected chi connectivity index (χ3v) is 5.51. The number of aromatic nitrogens is 4. The summed E-state index contributed by atoms with van der Waals surface area (Å²) in [4.78, 5) is 6.54. The fraction of sp³-hybridized carbons (Fsp3) is 0.136. The van der Waals surface area contributed by atoms with Gasteiger partial charge in [-0.05, 0) is 54.1 Å². The van der Waals surface area contributed by atoms with Crippen molar-refractivity contribution >= 4 is 28.8 Å². The highest BCUT2D eigenvalue weighted by Crippen LogP contribution is 2.39. The lowest BCUT2D eigenvalue weighted by Gasteiger charge is -2.27. The first kappa shape index (κ1) is 17.7. The molecule has 0 saturated carbocycles. The zero-order valence-corrected chi connectivity index (χ0v) is 16.6. The van der Waals surface area contributed by atoms with Crippen LogP contribution in [-0.4, -0.2) is 26.3 Å². The Hall–Kier alpha value is -3.38. The van der Waals surface area contributed by atoms with Crippen molar-refractivity contribution in [3.8, 4) is 16.8 Å². The Morgan fingerprint density at radius 2 is 1.79 bits per heavy atom. The first-order valence-electron chi connectivity index (χ1n) is 9.39. The van der Waals surface area contributed by atoms with E-state index in [4.69, 9.17) is 17.3 Å². The molecule has 144 valence electrons. The summed E-state index contributed by atoms with van der Waals surface area (Å²) in [6.07, 6.45) is 3.58. The predicted octanol–water partition coefficient (Wildman–Crippen LogP) is 4.82. The van der Waals surface area contributed by atoms with Crippen molar-refractivity contribution in [1.82, 2.24) is 19.7 Å². The Kier molecular flexibility index (Phi) is 4.21. The summed E-state index contributed by atoms with van der Waals surface area (Å²) in [6.45, 7) is 2.94. The maximum atomic E-state index is 6.13. The minimum atomic E-state index is 0.196. The van der Waals surface area contributed by atoms with E-state index >= 15 is 0 Å². The maximum absolute atomic E-state index is 6.13. The number of anilines is 3. The topological polar surface area (TPSA) is 72.9 Å². The second kappa shape index (κ2) is 6.90. The Morgan fingerprint density at radius 3 is 2.55 bits per heavy atom. The average molecular weight is 403 g/mol. The van der Waals surface area contributed by atoms with Crippen LogP contribution in [0.5, 0.6) is 0 Å². The van der Waals surface area contributed by atoms with Gasteiger partial charge in [-0.1, -0.05) is 24.6 Å². The van der Waals surface area contributed by atoms with Gasteiger partial charge in [0.05, 0.1) is 11.4 Å². The fourth-order valence-electron chi connectivity index (χ4n) is 3.78. The highest BCUT2D eigenvalue weighted by atomic mass is 35.5. The number of fused-ring (bicyclic) bond motifs is 3. The number of nitrogens with two attached hydrogens (primary N) is 1. The van der Waals surface area contributed by atoms with Crippen LogP contribution in [0.2, 0.25) is 5.02 Å². The SMILES string of the molecule is CC1CN(c2ccc(Cl)cc2)c2cc(-c3ccc(N)nc3)ccc2-n2cnnc21. The lowest BCUT2D eigenvalue weighted by atomic mass is 10.0. The van der Waals surface area contributed by atoms with Crippen LogP contribution in [0.1, 0.15) is 18.7 Å². The number of nitrogen functional groups attached to an aromatic ring is 1. The minimum absolute atomic E-state index is 0.196. The van der Waals surface area contributed by atoms with E-state index in [2.05, 4.69) is 49.8 Å². The van der Waals surface area contributed by atoms with Gasteiger partial charge in [-0.25, -0.2) is 4.98 Å². The number of pyridine rings is 1. The number of hydrogen-bond donors (Lipinski definition) is 1. The predicted molar refractivity (Wildman–Crippen MR) is 116 cm³/mol. The van der Waals surface area contributed by atoms with Gasteiger partial charge in [0.1, 0.15) is 18.0 Å². The fourth-order valence-corrected chi connectivity index (χ4v) is 3.91. The number of benzene rings is 2. The summed E-state index contributed by atoms with van der Waals surface area (Å²) >= 11 is 6.13. The smallest absolute Gasteiger partial charge is 0.142 e. The summed E-state index contributed by atoms with van der Waals surface area (Å²) in [5.74, 6) is 1.65. The first-order valence-corrected chi connectivity index (χ1v) is 9.77. The molecule has 1 unspecified atom stereocenters. The van der Waals surface area contributed by atoms with Crippen molar-refractivity contribution in [3.05, 3.63) is 78.0 Å². The van der Waals surface area contributed by atoms with Gasteiger partial charge in [-0.15, -0.1) is 10.2 Å². The Morgan fingerprint density at radius 1 is 1.00 bits per heavy atom. The van der Waals surface area contributed by atoms with E-state index in [9.17, 15) is 0 Å².